The maximum Gasteiger partial charge on any atom is 0.0503 e. The Bertz CT molecular complexity index is 669. The van der Waals surface area contributed by atoms with Crippen LogP contribution in [0.5, 0.6) is 0 Å². The Morgan fingerprint density at radius 1 is 0.522 bits per heavy atom. The third-order valence-electron chi connectivity index (χ3n) is 3.11. The normalized spacial score (nSPS) is 11.6. The predicted octanol–water partition coefficient (Wildman–Crippen LogP) is 4.92. The molecule has 0 radical (unpaired) electrons. The number of hydrogen-bond acceptors (Lipinski definition) is 5. The molecule has 0 amide bonds. The van der Waals surface area contributed by atoms with Gasteiger partial charge in [-0.3, -0.25) is 4.86 Å². The lowest BCUT2D eigenvalue weighted by atomic mass is 10.7. The number of nitrogens with one attached hydrogen (secondary N) is 1. The van der Waals surface area contributed by atoms with Gasteiger partial charge in [-0.2, -0.15) is 0 Å². The van der Waals surface area contributed by atoms with Crippen LogP contribution in [0.4, 0.5) is 0 Å². The van der Waals surface area contributed by atoms with Gasteiger partial charge in [0.25, 0.3) is 0 Å². The van der Waals surface area contributed by atoms with Gasteiger partial charge in [-0.05, 0) is 45.8 Å². The van der Waals surface area contributed by atoms with E-state index in [2.05, 4.69) is 74.9 Å². The summed E-state index contributed by atoms with van der Waals surface area (Å²) in [6, 6.07) is 17.7. The summed E-state index contributed by atoms with van der Waals surface area (Å²) in [5.41, 5.74) is 0. The Balaban J connectivity index is 1.71. The van der Waals surface area contributed by atoms with E-state index in [1.54, 1.807) is 0 Å². The summed E-state index contributed by atoms with van der Waals surface area (Å²) in [6.07, 6.45) is 0. The van der Waals surface area contributed by atoms with Crippen LogP contribution in [0.15, 0.2) is 70.1 Å². The Kier molecular flexibility index (Phi) is 5.37. The molecule has 1 nitrogen and oxygen atoms in total. The number of hydrogen-bond donors (Lipinski definition) is 1. The molecule has 0 aliphatic carbocycles. The second-order valence-corrected chi connectivity index (χ2v) is 13.6. The molecule has 0 saturated heterocycles. The monoisotopic (exact) mass is 409 g/mol. The zero-order valence-electron chi connectivity index (χ0n) is 12.0. The van der Waals surface area contributed by atoms with Crippen molar-refractivity contribution in [2.24, 2.45) is 0 Å². The van der Waals surface area contributed by atoms with Gasteiger partial charge in [0.2, 0.25) is 0 Å². The average Bonchev–Trinajstić information content (AvgIpc) is 3.35. The van der Waals surface area contributed by atoms with Gasteiger partial charge in [-0.25, -0.2) is 0 Å². The van der Waals surface area contributed by atoms with Crippen LogP contribution in [0.3, 0.4) is 0 Å². The molecule has 4 aromatic rings. The summed E-state index contributed by atoms with van der Waals surface area (Å²) in [7, 11) is -0.993. The highest BCUT2D eigenvalue weighted by molar-refractivity contribution is 7.92. The minimum absolute atomic E-state index is 0.496. The van der Waals surface area contributed by atoms with E-state index in [0.29, 0.717) is 0 Å². The maximum absolute atomic E-state index is 4.04. The predicted molar refractivity (Wildman–Crippen MR) is 113 cm³/mol. The van der Waals surface area contributed by atoms with Crippen molar-refractivity contribution >= 4 is 80.0 Å². The molecule has 0 aliphatic heterocycles. The van der Waals surface area contributed by atoms with E-state index in [-0.39, 0.29) is 0 Å². The van der Waals surface area contributed by atoms with Gasteiger partial charge < -0.3 is 0 Å². The van der Waals surface area contributed by atoms with Gasteiger partial charge in [-0.1, -0.05) is 24.3 Å². The lowest BCUT2D eigenvalue weighted by Gasteiger charge is -2.23. The second kappa shape index (κ2) is 7.67. The van der Waals surface area contributed by atoms with Crippen LogP contribution in [0.2, 0.25) is 0 Å². The molecule has 0 aliphatic rings. The molecular formula is C16H13NP2S4. The third kappa shape index (κ3) is 3.67. The zero-order valence-corrected chi connectivity index (χ0v) is 17.0. The highest BCUT2D eigenvalue weighted by Gasteiger charge is 2.24. The Hall–Kier alpha value is -0.380. The van der Waals surface area contributed by atoms with E-state index in [0.717, 1.165) is 0 Å². The third-order valence-corrected chi connectivity index (χ3v) is 13.2. The van der Waals surface area contributed by atoms with Crippen LogP contribution in [0, 0.1) is 0 Å². The van der Waals surface area contributed by atoms with Crippen molar-refractivity contribution in [3.05, 3.63) is 70.1 Å². The van der Waals surface area contributed by atoms with Gasteiger partial charge in [0.1, 0.15) is 0 Å². The minimum Gasteiger partial charge on any atom is -0.256 e. The standard InChI is InChI=1S/C16H13NP2S4/c1-5-13(20-9-1)18(14-6-2-10-21-14)17-19(15-7-3-11-22-15)16-8-4-12-23-16/h1-12,17H. The smallest absolute Gasteiger partial charge is 0.0503 e. The van der Waals surface area contributed by atoms with E-state index in [9.17, 15) is 0 Å². The fraction of sp³-hybridized carbons (Fsp3) is 0. The molecule has 4 rings (SSSR count). The van der Waals surface area contributed by atoms with Crippen molar-refractivity contribution in [1.29, 1.82) is 0 Å². The van der Waals surface area contributed by atoms with E-state index in [1.807, 2.05) is 45.3 Å². The van der Waals surface area contributed by atoms with Crippen LogP contribution < -0.4 is 23.3 Å². The van der Waals surface area contributed by atoms with Gasteiger partial charge in [0.05, 0.1) is 16.1 Å². The van der Waals surface area contributed by atoms with Crippen LogP contribution in [-0.4, -0.2) is 0 Å². The Labute approximate surface area is 154 Å². The largest absolute Gasteiger partial charge is 0.256 e. The van der Waals surface area contributed by atoms with Crippen molar-refractivity contribution in [2.45, 2.75) is 0 Å². The van der Waals surface area contributed by atoms with Crippen molar-refractivity contribution in [2.75, 3.05) is 0 Å². The first-order valence-corrected chi connectivity index (χ1v) is 13.1. The zero-order chi connectivity index (χ0) is 15.5. The van der Waals surface area contributed by atoms with E-state index < -0.39 is 16.1 Å². The summed E-state index contributed by atoms with van der Waals surface area (Å²) in [6.45, 7) is 0. The first kappa shape index (κ1) is 16.1. The molecule has 4 heterocycles. The molecule has 0 spiro atoms. The highest BCUT2D eigenvalue weighted by atomic mass is 32.1. The van der Waals surface area contributed by atoms with E-state index >= 15 is 0 Å². The maximum atomic E-state index is 4.04. The topological polar surface area (TPSA) is 12.0 Å². The molecular weight excluding hydrogens is 396 g/mol. The fourth-order valence-electron chi connectivity index (χ4n) is 2.10. The van der Waals surface area contributed by atoms with Gasteiger partial charge in [0, 0.05) is 18.5 Å². The van der Waals surface area contributed by atoms with Crippen molar-refractivity contribution in [3.63, 3.8) is 0 Å². The molecule has 4 aromatic heterocycles. The summed E-state index contributed by atoms with van der Waals surface area (Å²) in [5, 5.41) is 8.72. The minimum atomic E-state index is -0.496. The first-order chi connectivity index (χ1) is 11.4. The fourth-order valence-corrected chi connectivity index (χ4v) is 13.1. The molecule has 0 saturated carbocycles. The Morgan fingerprint density at radius 2 is 0.826 bits per heavy atom. The quantitative estimate of drug-likeness (QED) is 0.446. The SMILES string of the molecule is c1csc(P(NP(c2cccs2)c2cccs2)c2cccs2)c1. The Morgan fingerprint density at radius 3 is 1.04 bits per heavy atom. The summed E-state index contributed by atoms with van der Waals surface area (Å²) in [4.78, 5) is 4.04. The molecule has 116 valence electrons. The van der Waals surface area contributed by atoms with Crippen molar-refractivity contribution < 1.29 is 0 Å². The van der Waals surface area contributed by atoms with Crippen molar-refractivity contribution in [3.8, 4) is 0 Å². The first-order valence-electron chi connectivity index (χ1n) is 6.92. The number of rotatable bonds is 6. The molecule has 0 aromatic carbocycles. The van der Waals surface area contributed by atoms with Gasteiger partial charge in [0.15, 0.2) is 0 Å². The van der Waals surface area contributed by atoms with Crippen LogP contribution in [0.1, 0.15) is 0 Å². The van der Waals surface area contributed by atoms with Crippen LogP contribution >= 0.6 is 61.5 Å². The average molecular weight is 410 g/mol. The van der Waals surface area contributed by atoms with E-state index in [1.165, 1.54) is 18.5 Å². The molecule has 0 bridgehead atoms. The molecule has 1 N–H and O–H groups in total. The molecule has 0 unspecified atom stereocenters. The van der Waals surface area contributed by atoms with E-state index in [4.69, 9.17) is 0 Å². The van der Waals surface area contributed by atoms with Crippen LogP contribution in [-0.2, 0) is 0 Å². The summed E-state index contributed by atoms with van der Waals surface area (Å²) >= 11 is 7.42. The van der Waals surface area contributed by atoms with Crippen molar-refractivity contribution in [1.82, 2.24) is 4.86 Å². The highest BCUT2D eigenvalue weighted by Crippen LogP contribution is 2.45. The molecule has 7 heteroatoms. The van der Waals surface area contributed by atoms with Gasteiger partial charge >= 0.3 is 0 Å². The van der Waals surface area contributed by atoms with Crippen LogP contribution in [0.25, 0.3) is 0 Å². The summed E-state index contributed by atoms with van der Waals surface area (Å²) in [5.74, 6) is 0. The second-order valence-electron chi connectivity index (χ2n) is 4.58. The molecule has 0 fully saturated rings. The lowest BCUT2D eigenvalue weighted by Crippen LogP contribution is -2.23. The molecule has 0 atom stereocenters. The number of thiophene rings is 4. The lowest BCUT2D eigenvalue weighted by molar-refractivity contribution is 1.68. The molecule has 23 heavy (non-hydrogen) atoms. The van der Waals surface area contributed by atoms with Gasteiger partial charge in [-0.15, -0.1) is 45.3 Å². The summed E-state index contributed by atoms with van der Waals surface area (Å²) < 4.78 is 5.79.